The smallest absolute Gasteiger partial charge is 0.0322 e. The van der Waals surface area contributed by atoms with Gasteiger partial charge in [0.15, 0.2) is 0 Å². The molecule has 1 heterocycles. The third kappa shape index (κ3) is 1.14. The zero-order valence-corrected chi connectivity index (χ0v) is 10.2. The summed E-state index contributed by atoms with van der Waals surface area (Å²) in [5.74, 6) is 2.44. The van der Waals surface area contributed by atoms with E-state index < -0.39 is 0 Å². The van der Waals surface area contributed by atoms with Crippen LogP contribution in [0.25, 0.3) is 0 Å². The lowest BCUT2D eigenvalue weighted by atomic mass is 9.92. The first-order valence-electron chi connectivity index (χ1n) is 6.07. The standard InChI is InChI=1S/C13H23N/c1-6-14-11(5)10(4)12-7-8(2)9(3)13(12)14/h8-11H,6-7H2,1-5H3/t8-,9-,10-,11+/m1/s1. The molecule has 0 bridgehead atoms. The largest absolute Gasteiger partial charge is 0.372 e. The lowest BCUT2D eigenvalue weighted by molar-refractivity contribution is 0.230. The molecule has 2 aliphatic rings. The van der Waals surface area contributed by atoms with Gasteiger partial charge in [0.1, 0.15) is 0 Å². The molecule has 14 heavy (non-hydrogen) atoms. The lowest BCUT2D eigenvalue weighted by Gasteiger charge is -2.32. The van der Waals surface area contributed by atoms with Gasteiger partial charge in [-0.2, -0.15) is 0 Å². The van der Waals surface area contributed by atoms with Crippen LogP contribution in [-0.4, -0.2) is 17.5 Å². The molecule has 2 rings (SSSR count). The molecule has 0 radical (unpaired) electrons. The molecule has 0 aromatic rings. The van der Waals surface area contributed by atoms with E-state index in [4.69, 9.17) is 0 Å². The average Bonchev–Trinajstić information content (AvgIpc) is 2.56. The van der Waals surface area contributed by atoms with Gasteiger partial charge in [-0.1, -0.05) is 20.8 Å². The molecule has 1 nitrogen and oxygen atoms in total. The van der Waals surface area contributed by atoms with Gasteiger partial charge in [0.25, 0.3) is 0 Å². The highest BCUT2D eigenvalue weighted by Crippen LogP contribution is 2.48. The van der Waals surface area contributed by atoms with E-state index in [9.17, 15) is 0 Å². The first-order valence-corrected chi connectivity index (χ1v) is 6.07. The highest BCUT2D eigenvalue weighted by atomic mass is 15.2. The van der Waals surface area contributed by atoms with Gasteiger partial charge in [-0.15, -0.1) is 0 Å². The van der Waals surface area contributed by atoms with Gasteiger partial charge in [-0.25, -0.2) is 0 Å². The summed E-state index contributed by atoms with van der Waals surface area (Å²) >= 11 is 0. The Hall–Kier alpha value is -0.460. The third-order valence-electron chi connectivity index (χ3n) is 4.57. The fraction of sp³-hybridized carbons (Fsp3) is 0.846. The molecule has 1 heteroatoms. The molecule has 0 amide bonds. The Morgan fingerprint density at radius 1 is 1.14 bits per heavy atom. The second-order valence-electron chi connectivity index (χ2n) is 5.20. The fourth-order valence-electron chi connectivity index (χ4n) is 3.29. The van der Waals surface area contributed by atoms with Crippen molar-refractivity contribution < 1.29 is 0 Å². The Balaban J connectivity index is 2.32. The van der Waals surface area contributed by atoms with Crippen molar-refractivity contribution in [2.75, 3.05) is 6.54 Å². The highest BCUT2D eigenvalue weighted by molar-refractivity contribution is 5.31. The normalized spacial score (nSPS) is 42.2. The number of hydrogen-bond acceptors (Lipinski definition) is 1. The topological polar surface area (TPSA) is 3.24 Å². The van der Waals surface area contributed by atoms with Crippen LogP contribution in [0.1, 0.15) is 41.0 Å². The molecule has 0 spiro atoms. The van der Waals surface area contributed by atoms with Crippen molar-refractivity contribution in [3.05, 3.63) is 11.3 Å². The minimum atomic E-state index is 0.736. The second-order valence-corrected chi connectivity index (χ2v) is 5.20. The van der Waals surface area contributed by atoms with Crippen LogP contribution in [0.15, 0.2) is 11.3 Å². The predicted octanol–water partition coefficient (Wildman–Crippen LogP) is 3.28. The number of hydrogen-bond donors (Lipinski definition) is 0. The SMILES string of the molecule is CCN1C2=C(C[C@@H](C)[C@H]2C)[C@H](C)[C@@H]1C. The minimum absolute atomic E-state index is 0.736. The molecule has 0 saturated carbocycles. The molecule has 0 saturated heterocycles. The highest BCUT2D eigenvalue weighted by Gasteiger charge is 2.42. The summed E-state index contributed by atoms with van der Waals surface area (Å²) in [7, 11) is 0. The maximum atomic E-state index is 2.63. The van der Waals surface area contributed by atoms with E-state index in [-0.39, 0.29) is 0 Å². The van der Waals surface area contributed by atoms with Gasteiger partial charge in [-0.3, -0.25) is 0 Å². The summed E-state index contributed by atoms with van der Waals surface area (Å²) in [6, 6.07) is 0.736. The van der Waals surface area contributed by atoms with Crippen LogP contribution < -0.4 is 0 Å². The second kappa shape index (κ2) is 3.29. The van der Waals surface area contributed by atoms with Crippen LogP contribution in [0.4, 0.5) is 0 Å². The summed E-state index contributed by atoms with van der Waals surface area (Å²) in [6.07, 6.45) is 1.35. The van der Waals surface area contributed by atoms with Crippen molar-refractivity contribution in [2.45, 2.75) is 47.1 Å². The summed E-state index contributed by atoms with van der Waals surface area (Å²) < 4.78 is 0. The first-order chi connectivity index (χ1) is 6.57. The first kappa shape index (κ1) is 10.1. The van der Waals surface area contributed by atoms with Crippen LogP contribution in [0, 0.1) is 17.8 Å². The average molecular weight is 193 g/mol. The Labute approximate surface area is 88.2 Å². The van der Waals surface area contributed by atoms with Crippen LogP contribution >= 0.6 is 0 Å². The van der Waals surface area contributed by atoms with Crippen molar-refractivity contribution in [1.82, 2.24) is 4.90 Å². The molecule has 0 unspecified atom stereocenters. The number of rotatable bonds is 1. The van der Waals surface area contributed by atoms with Gasteiger partial charge in [0, 0.05) is 18.3 Å². The zero-order chi connectivity index (χ0) is 10.5. The van der Waals surface area contributed by atoms with Crippen LogP contribution in [0.5, 0.6) is 0 Å². The van der Waals surface area contributed by atoms with Gasteiger partial charge in [0.05, 0.1) is 0 Å². The summed E-state index contributed by atoms with van der Waals surface area (Å²) in [4.78, 5) is 2.63. The van der Waals surface area contributed by atoms with E-state index in [2.05, 4.69) is 39.5 Å². The van der Waals surface area contributed by atoms with Gasteiger partial charge >= 0.3 is 0 Å². The van der Waals surface area contributed by atoms with Crippen LogP contribution in [0.3, 0.4) is 0 Å². The number of likely N-dealkylation sites (tertiary alicyclic amines) is 1. The Morgan fingerprint density at radius 3 is 2.36 bits per heavy atom. The van der Waals surface area contributed by atoms with Gasteiger partial charge < -0.3 is 4.90 Å². The molecule has 0 aromatic heterocycles. The third-order valence-corrected chi connectivity index (χ3v) is 4.57. The minimum Gasteiger partial charge on any atom is -0.372 e. The molecule has 0 N–H and O–H groups in total. The van der Waals surface area contributed by atoms with E-state index in [0.29, 0.717) is 0 Å². The fourth-order valence-corrected chi connectivity index (χ4v) is 3.29. The van der Waals surface area contributed by atoms with Crippen LogP contribution in [-0.2, 0) is 0 Å². The van der Waals surface area contributed by atoms with E-state index in [0.717, 1.165) is 23.8 Å². The zero-order valence-electron chi connectivity index (χ0n) is 10.2. The molecule has 1 aliphatic heterocycles. The Kier molecular flexibility index (Phi) is 2.36. The Morgan fingerprint density at radius 2 is 1.79 bits per heavy atom. The monoisotopic (exact) mass is 193 g/mol. The molecule has 1 aliphatic carbocycles. The Bertz CT molecular complexity index is 266. The van der Waals surface area contributed by atoms with Gasteiger partial charge in [0.2, 0.25) is 0 Å². The van der Waals surface area contributed by atoms with Crippen LogP contribution in [0.2, 0.25) is 0 Å². The maximum Gasteiger partial charge on any atom is 0.0322 e. The molecule has 80 valence electrons. The number of allylic oxidation sites excluding steroid dienone is 1. The van der Waals surface area contributed by atoms with Crippen molar-refractivity contribution >= 4 is 0 Å². The van der Waals surface area contributed by atoms with Crippen molar-refractivity contribution in [1.29, 1.82) is 0 Å². The van der Waals surface area contributed by atoms with Gasteiger partial charge in [-0.05, 0) is 43.6 Å². The lowest BCUT2D eigenvalue weighted by Crippen LogP contribution is -2.33. The predicted molar refractivity (Wildman–Crippen MR) is 61.0 cm³/mol. The molecular weight excluding hydrogens is 170 g/mol. The molecule has 0 aromatic carbocycles. The summed E-state index contributed by atoms with van der Waals surface area (Å²) in [5.41, 5.74) is 3.46. The van der Waals surface area contributed by atoms with E-state index in [1.54, 1.807) is 11.3 Å². The quantitative estimate of drug-likeness (QED) is 0.618. The molecule has 4 atom stereocenters. The van der Waals surface area contributed by atoms with E-state index in [1.807, 2.05) is 0 Å². The number of nitrogens with zero attached hydrogens (tertiary/aromatic N) is 1. The summed E-state index contributed by atoms with van der Waals surface area (Å²) in [5, 5.41) is 0. The maximum absolute atomic E-state index is 2.63. The molecular formula is C13H23N. The van der Waals surface area contributed by atoms with E-state index in [1.165, 1.54) is 13.0 Å². The molecule has 0 fully saturated rings. The van der Waals surface area contributed by atoms with Crippen molar-refractivity contribution in [3.63, 3.8) is 0 Å². The summed E-state index contributed by atoms with van der Waals surface area (Å²) in [6.45, 7) is 13.1. The van der Waals surface area contributed by atoms with E-state index >= 15 is 0 Å². The van der Waals surface area contributed by atoms with Crippen molar-refractivity contribution in [2.24, 2.45) is 17.8 Å². The van der Waals surface area contributed by atoms with Crippen molar-refractivity contribution in [3.8, 4) is 0 Å².